The zero-order valence-corrected chi connectivity index (χ0v) is 18.1. The quantitative estimate of drug-likeness (QED) is 0.281. The van der Waals surface area contributed by atoms with Crippen LogP contribution in [0.3, 0.4) is 0 Å². The van der Waals surface area contributed by atoms with Gasteiger partial charge in [0.05, 0.1) is 28.0 Å². The number of furan rings is 1. The van der Waals surface area contributed by atoms with Gasteiger partial charge >= 0.3 is 0 Å². The van der Waals surface area contributed by atoms with Crippen LogP contribution in [-0.4, -0.2) is 9.55 Å². The van der Waals surface area contributed by atoms with E-state index in [0.717, 1.165) is 49.9 Å². The van der Waals surface area contributed by atoms with E-state index in [2.05, 4.69) is 82.4 Å². The standard InChI is InChI=1S/C30H17N3O/c31-17-19-13-14-23(32-18-19)20-7-1-4-10-24(20)33-25-11-5-2-8-21(25)29-26(33)15-16-28-30(29)22-9-3-6-12-27(22)34-28/h1-16,18H. The molecule has 0 aliphatic carbocycles. The number of pyridine rings is 1. The largest absolute Gasteiger partial charge is 0.456 e. The molecule has 7 rings (SSSR count). The fraction of sp³-hybridized carbons (Fsp3) is 0. The SMILES string of the molecule is N#Cc1ccc(-c2ccccc2-n2c3ccccc3c3c4c(ccc32)oc2ccccc24)nc1. The highest BCUT2D eigenvalue weighted by Crippen LogP contribution is 2.42. The first-order valence-corrected chi connectivity index (χ1v) is 11.1. The Morgan fingerprint density at radius 3 is 2.32 bits per heavy atom. The Labute approximate surface area is 194 Å². The lowest BCUT2D eigenvalue weighted by molar-refractivity contribution is 0.669. The summed E-state index contributed by atoms with van der Waals surface area (Å²) in [4.78, 5) is 4.58. The van der Waals surface area contributed by atoms with E-state index in [0.29, 0.717) is 5.56 Å². The molecule has 4 heteroatoms. The molecule has 0 amide bonds. The number of nitrogens with zero attached hydrogens (tertiary/aromatic N) is 3. The highest BCUT2D eigenvalue weighted by Gasteiger charge is 2.20. The average Bonchev–Trinajstić information content (AvgIpc) is 3.44. The second kappa shape index (κ2) is 7.06. The lowest BCUT2D eigenvalue weighted by atomic mass is 10.1. The van der Waals surface area contributed by atoms with Crippen LogP contribution in [0.15, 0.2) is 108 Å². The third-order valence-electron chi connectivity index (χ3n) is 6.49. The summed E-state index contributed by atoms with van der Waals surface area (Å²) in [5, 5.41) is 13.8. The summed E-state index contributed by atoms with van der Waals surface area (Å²) >= 11 is 0. The normalized spacial score (nSPS) is 11.5. The predicted octanol–water partition coefficient (Wildman–Crippen LogP) is 7.62. The summed E-state index contributed by atoms with van der Waals surface area (Å²) in [5.41, 5.74) is 7.44. The minimum absolute atomic E-state index is 0.548. The molecule has 4 nitrogen and oxygen atoms in total. The molecule has 7 aromatic rings. The molecule has 0 atom stereocenters. The van der Waals surface area contributed by atoms with Crippen LogP contribution in [0.5, 0.6) is 0 Å². The van der Waals surface area contributed by atoms with E-state index in [4.69, 9.17) is 4.42 Å². The molecular formula is C30H17N3O. The molecule has 158 valence electrons. The maximum absolute atomic E-state index is 9.18. The van der Waals surface area contributed by atoms with E-state index in [1.807, 2.05) is 30.3 Å². The number of aromatic nitrogens is 2. The molecule has 0 aliphatic heterocycles. The second-order valence-electron chi connectivity index (χ2n) is 8.34. The van der Waals surface area contributed by atoms with Crippen molar-refractivity contribution >= 4 is 43.7 Å². The van der Waals surface area contributed by atoms with Crippen LogP contribution in [0.25, 0.3) is 60.7 Å². The Hall–Kier alpha value is -4.88. The summed E-state index contributed by atoms with van der Waals surface area (Å²) in [6, 6.07) is 35.1. The van der Waals surface area contributed by atoms with Gasteiger partial charge in [0, 0.05) is 33.3 Å². The van der Waals surface area contributed by atoms with Crippen molar-refractivity contribution in [1.82, 2.24) is 9.55 Å². The highest BCUT2D eigenvalue weighted by molar-refractivity contribution is 6.27. The van der Waals surface area contributed by atoms with Crippen LogP contribution in [0, 0.1) is 11.3 Å². The van der Waals surface area contributed by atoms with Crippen molar-refractivity contribution < 1.29 is 4.42 Å². The van der Waals surface area contributed by atoms with Crippen LogP contribution in [0.4, 0.5) is 0 Å². The molecule has 0 aliphatic rings. The molecule has 3 heterocycles. The van der Waals surface area contributed by atoms with Crippen LogP contribution in [0.1, 0.15) is 5.56 Å². The Balaban J connectivity index is 1.62. The topological polar surface area (TPSA) is 54.8 Å². The predicted molar refractivity (Wildman–Crippen MR) is 136 cm³/mol. The number of benzene rings is 4. The zero-order chi connectivity index (χ0) is 22.6. The number of para-hydroxylation sites is 3. The van der Waals surface area contributed by atoms with E-state index in [-0.39, 0.29) is 0 Å². The van der Waals surface area contributed by atoms with Gasteiger partial charge in [-0.25, -0.2) is 0 Å². The Kier molecular flexibility index (Phi) is 3.88. The molecule has 0 N–H and O–H groups in total. The molecule has 0 spiro atoms. The van der Waals surface area contributed by atoms with Gasteiger partial charge in [0.15, 0.2) is 0 Å². The number of rotatable bonds is 2. The lowest BCUT2D eigenvalue weighted by Gasteiger charge is -2.13. The van der Waals surface area contributed by atoms with Gasteiger partial charge in [-0.3, -0.25) is 4.98 Å². The van der Waals surface area contributed by atoms with Gasteiger partial charge in [0.1, 0.15) is 17.2 Å². The summed E-state index contributed by atoms with van der Waals surface area (Å²) in [5.74, 6) is 0. The van der Waals surface area contributed by atoms with Gasteiger partial charge in [-0.15, -0.1) is 0 Å². The molecule has 3 aromatic heterocycles. The Bertz CT molecular complexity index is 1920. The van der Waals surface area contributed by atoms with Crippen molar-refractivity contribution in [2.24, 2.45) is 0 Å². The molecule has 4 aromatic carbocycles. The molecule has 0 saturated carbocycles. The number of hydrogen-bond donors (Lipinski definition) is 0. The Morgan fingerprint density at radius 2 is 1.47 bits per heavy atom. The monoisotopic (exact) mass is 435 g/mol. The first-order valence-electron chi connectivity index (χ1n) is 11.1. The average molecular weight is 435 g/mol. The lowest BCUT2D eigenvalue weighted by Crippen LogP contribution is -1.98. The van der Waals surface area contributed by atoms with E-state index >= 15 is 0 Å². The minimum Gasteiger partial charge on any atom is -0.456 e. The van der Waals surface area contributed by atoms with Gasteiger partial charge in [-0.2, -0.15) is 5.26 Å². The van der Waals surface area contributed by atoms with Crippen molar-refractivity contribution in [2.75, 3.05) is 0 Å². The van der Waals surface area contributed by atoms with E-state index in [9.17, 15) is 5.26 Å². The van der Waals surface area contributed by atoms with Gasteiger partial charge in [-0.05, 0) is 42.5 Å². The number of fused-ring (bicyclic) bond motifs is 7. The minimum atomic E-state index is 0.548. The van der Waals surface area contributed by atoms with Crippen LogP contribution in [-0.2, 0) is 0 Å². The molecule has 0 radical (unpaired) electrons. The highest BCUT2D eigenvalue weighted by atomic mass is 16.3. The van der Waals surface area contributed by atoms with Crippen molar-refractivity contribution in [2.45, 2.75) is 0 Å². The first-order chi connectivity index (χ1) is 16.8. The van der Waals surface area contributed by atoms with Crippen molar-refractivity contribution in [1.29, 1.82) is 5.26 Å². The van der Waals surface area contributed by atoms with E-state index < -0.39 is 0 Å². The van der Waals surface area contributed by atoms with Gasteiger partial charge in [0.2, 0.25) is 0 Å². The first kappa shape index (κ1) is 18.7. The molecule has 34 heavy (non-hydrogen) atoms. The number of nitriles is 1. The molecule has 0 bridgehead atoms. The zero-order valence-electron chi connectivity index (χ0n) is 18.1. The van der Waals surface area contributed by atoms with Gasteiger partial charge < -0.3 is 8.98 Å². The smallest absolute Gasteiger partial charge is 0.136 e. The van der Waals surface area contributed by atoms with Crippen LogP contribution >= 0.6 is 0 Å². The third kappa shape index (κ3) is 2.55. The maximum Gasteiger partial charge on any atom is 0.136 e. The third-order valence-corrected chi connectivity index (χ3v) is 6.49. The summed E-state index contributed by atoms with van der Waals surface area (Å²) < 4.78 is 8.50. The van der Waals surface area contributed by atoms with Crippen molar-refractivity contribution in [3.63, 3.8) is 0 Å². The molecule has 0 unspecified atom stereocenters. The second-order valence-corrected chi connectivity index (χ2v) is 8.34. The number of hydrogen-bond acceptors (Lipinski definition) is 3. The fourth-order valence-electron chi connectivity index (χ4n) is 5.04. The fourth-order valence-corrected chi connectivity index (χ4v) is 5.04. The van der Waals surface area contributed by atoms with Crippen molar-refractivity contribution in [3.8, 4) is 23.0 Å². The summed E-state index contributed by atoms with van der Waals surface area (Å²) in [7, 11) is 0. The molecule has 0 saturated heterocycles. The van der Waals surface area contributed by atoms with Crippen LogP contribution in [0.2, 0.25) is 0 Å². The molecular weight excluding hydrogens is 418 g/mol. The van der Waals surface area contributed by atoms with Crippen molar-refractivity contribution in [3.05, 3.63) is 109 Å². The van der Waals surface area contributed by atoms with Crippen LogP contribution < -0.4 is 0 Å². The Morgan fingerprint density at radius 1 is 0.676 bits per heavy atom. The van der Waals surface area contributed by atoms with E-state index in [1.165, 1.54) is 10.8 Å². The van der Waals surface area contributed by atoms with E-state index in [1.54, 1.807) is 6.20 Å². The van der Waals surface area contributed by atoms with Gasteiger partial charge in [-0.1, -0.05) is 54.6 Å². The summed E-state index contributed by atoms with van der Waals surface area (Å²) in [6.07, 6.45) is 1.62. The summed E-state index contributed by atoms with van der Waals surface area (Å²) in [6.45, 7) is 0. The van der Waals surface area contributed by atoms with Gasteiger partial charge in [0.25, 0.3) is 0 Å². The molecule has 0 fully saturated rings. The maximum atomic E-state index is 9.18.